The molecule has 1 fully saturated rings. The summed E-state index contributed by atoms with van der Waals surface area (Å²) in [6.45, 7) is 1.87. The minimum absolute atomic E-state index is 0.0672. The van der Waals surface area contributed by atoms with Crippen LogP contribution < -0.4 is 10.9 Å². The summed E-state index contributed by atoms with van der Waals surface area (Å²) >= 11 is 0. The summed E-state index contributed by atoms with van der Waals surface area (Å²) in [7, 11) is 0. The van der Waals surface area contributed by atoms with Crippen LogP contribution in [0.5, 0.6) is 0 Å². The maximum atomic E-state index is 11.9. The number of pyridine rings is 1. The summed E-state index contributed by atoms with van der Waals surface area (Å²) in [5.41, 5.74) is 0.363. The molecule has 2 aromatic heterocycles. The van der Waals surface area contributed by atoms with Crippen LogP contribution in [0.3, 0.4) is 0 Å². The zero-order chi connectivity index (χ0) is 14.1. The molecule has 1 aliphatic rings. The van der Waals surface area contributed by atoms with E-state index in [-0.39, 0.29) is 12.1 Å². The topological polar surface area (TPSA) is 101 Å². The van der Waals surface area contributed by atoms with E-state index in [1.165, 1.54) is 6.07 Å². The quantitative estimate of drug-likeness (QED) is 0.861. The van der Waals surface area contributed by atoms with E-state index in [0.29, 0.717) is 23.3 Å². The number of nitrogens with one attached hydrogen (secondary N) is 2. The van der Waals surface area contributed by atoms with Gasteiger partial charge in [0, 0.05) is 11.6 Å². The van der Waals surface area contributed by atoms with Crippen LogP contribution in [0.2, 0.25) is 0 Å². The Bertz CT molecular complexity index is 700. The van der Waals surface area contributed by atoms with Crippen molar-refractivity contribution in [3.05, 3.63) is 45.5 Å². The van der Waals surface area contributed by atoms with Crippen LogP contribution in [0.4, 0.5) is 0 Å². The molecular formula is C13H14N4O3. The molecular weight excluding hydrogens is 260 g/mol. The van der Waals surface area contributed by atoms with Crippen molar-refractivity contribution in [3.8, 4) is 0 Å². The molecule has 0 aromatic carbocycles. The Morgan fingerprint density at radius 1 is 1.50 bits per heavy atom. The van der Waals surface area contributed by atoms with Gasteiger partial charge in [-0.25, -0.2) is 0 Å². The monoisotopic (exact) mass is 274 g/mol. The lowest BCUT2D eigenvalue weighted by molar-refractivity contribution is 0.0944. The second-order valence-corrected chi connectivity index (χ2v) is 4.89. The van der Waals surface area contributed by atoms with Gasteiger partial charge in [-0.1, -0.05) is 5.16 Å². The van der Waals surface area contributed by atoms with Gasteiger partial charge in [0.1, 0.15) is 5.56 Å². The van der Waals surface area contributed by atoms with Gasteiger partial charge in [0.25, 0.3) is 11.5 Å². The molecule has 7 heteroatoms. The van der Waals surface area contributed by atoms with Gasteiger partial charge in [0.05, 0.1) is 6.54 Å². The van der Waals surface area contributed by atoms with Crippen molar-refractivity contribution in [2.24, 2.45) is 0 Å². The van der Waals surface area contributed by atoms with Crippen LogP contribution in [-0.4, -0.2) is 21.0 Å². The van der Waals surface area contributed by atoms with E-state index in [1.807, 2.05) is 0 Å². The minimum Gasteiger partial charge on any atom is -0.343 e. The second-order valence-electron chi connectivity index (χ2n) is 4.89. The Morgan fingerprint density at radius 2 is 2.30 bits per heavy atom. The number of nitrogens with zero attached hydrogens (tertiary/aromatic N) is 2. The van der Waals surface area contributed by atoms with Gasteiger partial charge in [0.15, 0.2) is 5.82 Å². The van der Waals surface area contributed by atoms with Gasteiger partial charge in [0.2, 0.25) is 5.89 Å². The molecule has 0 aliphatic heterocycles. The molecule has 104 valence electrons. The van der Waals surface area contributed by atoms with Gasteiger partial charge < -0.3 is 14.8 Å². The highest BCUT2D eigenvalue weighted by atomic mass is 16.5. The number of aryl methyl sites for hydroxylation is 1. The Hall–Kier alpha value is -2.44. The van der Waals surface area contributed by atoms with E-state index < -0.39 is 11.5 Å². The van der Waals surface area contributed by atoms with Gasteiger partial charge in [-0.05, 0) is 31.9 Å². The molecule has 2 N–H and O–H groups in total. The fourth-order valence-electron chi connectivity index (χ4n) is 1.85. The van der Waals surface area contributed by atoms with Crippen molar-refractivity contribution in [1.82, 2.24) is 20.4 Å². The molecule has 1 amide bonds. The summed E-state index contributed by atoms with van der Waals surface area (Å²) in [6, 6.07) is 3.17. The van der Waals surface area contributed by atoms with E-state index in [2.05, 4.69) is 20.4 Å². The van der Waals surface area contributed by atoms with Gasteiger partial charge in [-0.3, -0.25) is 9.59 Å². The molecule has 2 heterocycles. The highest BCUT2D eigenvalue weighted by Gasteiger charge is 2.28. The van der Waals surface area contributed by atoms with E-state index in [9.17, 15) is 9.59 Å². The Morgan fingerprint density at radius 3 is 3.00 bits per heavy atom. The third kappa shape index (κ3) is 2.61. The number of amides is 1. The van der Waals surface area contributed by atoms with Crippen molar-refractivity contribution < 1.29 is 9.32 Å². The van der Waals surface area contributed by atoms with Crippen LogP contribution in [0.25, 0.3) is 0 Å². The summed E-state index contributed by atoms with van der Waals surface area (Å²) in [6.07, 6.45) is 2.17. The van der Waals surface area contributed by atoms with E-state index >= 15 is 0 Å². The first-order valence-corrected chi connectivity index (χ1v) is 6.44. The molecule has 0 radical (unpaired) electrons. The smallest absolute Gasteiger partial charge is 0.260 e. The molecule has 0 saturated heterocycles. The van der Waals surface area contributed by atoms with Crippen LogP contribution in [0.15, 0.2) is 21.5 Å². The van der Waals surface area contributed by atoms with Crippen LogP contribution in [-0.2, 0) is 6.54 Å². The van der Waals surface area contributed by atoms with Crippen LogP contribution >= 0.6 is 0 Å². The van der Waals surface area contributed by atoms with E-state index in [0.717, 1.165) is 12.8 Å². The average molecular weight is 274 g/mol. The maximum absolute atomic E-state index is 11.9. The predicted octanol–water partition coefficient (Wildman–Crippen LogP) is 0.874. The van der Waals surface area contributed by atoms with Gasteiger partial charge >= 0.3 is 0 Å². The minimum atomic E-state index is -0.461. The third-order valence-electron chi connectivity index (χ3n) is 3.13. The summed E-state index contributed by atoms with van der Waals surface area (Å²) < 4.78 is 5.04. The van der Waals surface area contributed by atoms with Crippen molar-refractivity contribution in [2.75, 3.05) is 0 Å². The molecule has 3 rings (SSSR count). The fraction of sp³-hybridized carbons (Fsp3) is 0.385. The highest BCUT2D eigenvalue weighted by molar-refractivity contribution is 5.93. The number of aromatic amines is 1. The zero-order valence-corrected chi connectivity index (χ0v) is 11.0. The molecule has 1 saturated carbocycles. The Kier molecular flexibility index (Phi) is 3.09. The number of aromatic nitrogens is 3. The first-order chi connectivity index (χ1) is 9.63. The second kappa shape index (κ2) is 4.92. The molecule has 0 atom stereocenters. The molecule has 0 bridgehead atoms. The lowest BCUT2D eigenvalue weighted by Crippen LogP contribution is -2.29. The molecule has 2 aromatic rings. The fourth-order valence-corrected chi connectivity index (χ4v) is 1.85. The summed E-state index contributed by atoms with van der Waals surface area (Å²) in [4.78, 5) is 30.3. The van der Waals surface area contributed by atoms with Gasteiger partial charge in [-0.15, -0.1) is 0 Å². The Balaban J connectivity index is 1.64. The first kappa shape index (κ1) is 12.6. The number of carbonyl (C=O) groups excluding carboxylic acids is 1. The van der Waals surface area contributed by atoms with Gasteiger partial charge in [-0.2, -0.15) is 4.98 Å². The van der Waals surface area contributed by atoms with Crippen molar-refractivity contribution >= 4 is 5.91 Å². The van der Waals surface area contributed by atoms with Crippen molar-refractivity contribution in [1.29, 1.82) is 0 Å². The van der Waals surface area contributed by atoms with Crippen molar-refractivity contribution in [2.45, 2.75) is 32.2 Å². The molecule has 7 nitrogen and oxygen atoms in total. The molecule has 20 heavy (non-hydrogen) atoms. The first-order valence-electron chi connectivity index (χ1n) is 6.44. The number of hydrogen-bond donors (Lipinski definition) is 2. The largest absolute Gasteiger partial charge is 0.343 e. The zero-order valence-electron chi connectivity index (χ0n) is 11.0. The van der Waals surface area contributed by atoms with E-state index in [4.69, 9.17) is 4.52 Å². The molecule has 0 unspecified atom stereocenters. The van der Waals surface area contributed by atoms with Crippen LogP contribution in [0.1, 0.15) is 46.5 Å². The normalized spacial score (nSPS) is 14.2. The number of rotatable bonds is 4. The highest BCUT2D eigenvalue weighted by Crippen LogP contribution is 2.37. The number of hydrogen-bond acceptors (Lipinski definition) is 5. The lowest BCUT2D eigenvalue weighted by Gasteiger charge is -2.01. The van der Waals surface area contributed by atoms with Crippen LogP contribution in [0, 0.1) is 6.92 Å². The van der Waals surface area contributed by atoms with E-state index in [1.54, 1.807) is 13.0 Å². The molecule has 0 spiro atoms. The lowest BCUT2D eigenvalue weighted by atomic mass is 10.2. The average Bonchev–Trinajstić information content (AvgIpc) is 3.15. The van der Waals surface area contributed by atoms with Crippen molar-refractivity contribution in [3.63, 3.8) is 0 Å². The summed E-state index contributed by atoms with van der Waals surface area (Å²) in [5.74, 6) is 0.992. The summed E-state index contributed by atoms with van der Waals surface area (Å²) in [5, 5.41) is 6.45. The maximum Gasteiger partial charge on any atom is 0.260 e. The standard InChI is InChI=1S/C13H14N4O3/c1-7-2-5-9(13(19)15-7)12(18)14-6-10-16-11(17-20-10)8-3-4-8/h2,5,8H,3-4,6H2,1H3,(H,14,18)(H,15,19). The number of carbonyl (C=O) groups is 1. The number of H-pyrrole nitrogens is 1. The Labute approximate surface area is 114 Å². The molecule has 1 aliphatic carbocycles. The predicted molar refractivity (Wildman–Crippen MR) is 69.2 cm³/mol. The third-order valence-corrected chi connectivity index (χ3v) is 3.13. The SMILES string of the molecule is Cc1ccc(C(=O)NCc2nc(C3CC3)no2)c(=O)[nH]1.